The summed E-state index contributed by atoms with van der Waals surface area (Å²) in [5.74, 6) is 0. The molecule has 0 radical (unpaired) electrons. The van der Waals surface area contributed by atoms with Crippen molar-refractivity contribution in [2.45, 2.75) is 38.3 Å². The van der Waals surface area contributed by atoms with Gasteiger partial charge >= 0.3 is 0 Å². The molecule has 2 nitrogen and oxygen atoms in total. The van der Waals surface area contributed by atoms with E-state index in [9.17, 15) is 0 Å². The Morgan fingerprint density at radius 1 is 1.47 bits per heavy atom. The lowest BCUT2D eigenvalue weighted by Gasteiger charge is -2.26. The summed E-state index contributed by atoms with van der Waals surface area (Å²) in [5, 5.41) is 0. The molecule has 0 spiro atoms. The smallest absolute Gasteiger partial charge is 0.0828 e. The molecule has 0 fully saturated rings. The lowest BCUT2D eigenvalue weighted by molar-refractivity contribution is 0.0345. The number of rotatable bonds is 3. The first-order valence-corrected chi connectivity index (χ1v) is 5.72. The van der Waals surface area contributed by atoms with E-state index in [1.54, 1.807) is 0 Å². The normalized spacial score (nSPS) is 22.1. The molecular weight excluding hydrogens is 186 g/mol. The molecule has 0 aromatic heterocycles. The summed E-state index contributed by atoms with van der Waals surface area (Å²) in [6.45, 7) is 2.63. The van der Waals surface area contributed by atoms with Crippen molar-refractivity contribution < 1.29 is 4.74 Å². The molecule has 82 valence electrons. The van der Waals surface area contributed by atoms with Crippen LogP contribution in [0.1, 0.15) is 37.0 Å². The molecule has 1 aromatic carbocycles. The average molecular weight is 205 g/mol. The van der Waals surface area contributed by atoms with Gasteiger partial charge in [0.2, 0.25) is 0 Å². The van der Waals surface area contributed by atoms with Gasteiger partial charge in [-0.2, -0.15) is 0 Å². The van der Waals surface area contributed by atoms with Gasteiger partial charge in [-0.25, -0.2) is 0 Å². The number of aryl methyl sites for hydroxylation is 1. The molecule has 0 heterocycles. The Morgan fingerprint density at radius 2 is 2.27 bits per heavy atom. The second kappa shape index (κ2) is 4.77. The second-order valence-electron chi connectivity index (χ2n) is 4.39. The number of fused-ring (bicyclic) bond motifs is 1. The highest BCUT2D eigenvalue weighted by Crippen LogP contribution is 2.32. The minimum atomic E-state index is 0.124. The second-order valence-corrected chi connectivity index (χ2v) is 4.39. The predicted molar refractivity (Wildman–Crippen MR) is 61.7 cm³/mol. The molecule has 15 heavy (non-hydrogen) atoms. The molecular formula is C13H19NO. The van der Waals surface area contributed by atoms with Gasteiger partial charge in [-0.1, -0.05) is 24.3 Å². The first kappa shape index (κ1) is 10.7. The largest absolute Gasteiger partial charge is 0.372 e. The monoisotopic (exact) mass is 205 g/mol. The van der Waals surface area contributed by atoms with E-state index in [0.29, 0.717) is 6.61 Å². The minimum absolute atomic E-state index is 0.124. The predicted octanol–water partition coefficient (Wildman–Crippen LogP) is 2.43. The third-order valence-corrected chi connectivity index (χ3v) is 2.87. The number of ether oxygens (including phenoxy) is 1. The van der Waals surface area contributed by atoms with Gasteiger partial charge in [0.1, 0.15) is 0 Å². The Hall–Kier alpha value is -0.860. The van der Waals surface area contributed by atoms with Crippen LogP contribution in [0, 0.1) is 0 Å². The summed E-state index contributed by atoms with van der Waals surface area (Å²) in [6, 6.07) is 8.70. The van der Waals surface area contributed by atoms with Gasteiger partial charge < -0.3 is 10.5 Å². The van der Waals surface area contributed by atoms with E-state index in [0.717, 1.165) is 6.42 Å². The van der Waals surface area contributed by atoms with E-state index in [2.05, 4.69) is 24.3 Å². The van der Waals surface area contributed by atoms with Crippen LogP contribution in [0.5, 0.6) is 0 Å². The van der Waals surface area contributed by atoms with Gasteiger partial charge in [-0.05, 0) is 37.3 Å². The number of benzene rings is 1. The molecule has 1 aliphatic rings. The average Bonchev–Trinajstić information content (AvgIpc) is 2.26. The van der Waals surface area contributed by atoms with Crippen molar-refractivity contribution in [2.75, 3.05) is 6.61 Å². The zero-order valence-electron chi connectivity index (χ0n) is 9.28. The van der Waals surface area contributed by atoms with Gasteiger partial charge in [-0.3, -0.25) is 0 Å². The summed E-state index contributed by atoms with van der Waals surface area (Å²) in [7, 11) is 0. The fraction of sp³-hybridized carbons (Fsp3) is 0.538. The van der Waals surface area contributed by atoms with Crippen molar-refractivity contribution >= 4 is 0 Å². The Bertz CT molecular complexity index is 322. The number of hydrogen-bond donors (Lipinski definition) is 1. The first-order valence-electron chi connectivity index (χ1n) is 5.72. The molecule has 2 atom stereocenters. The third kappa shape index (κ3) is 2.58. The highest BCUT2D eigenvalue weighted by atomic mass is 16.5. The third-order valence-electron chi connectivity index (χ3n) is 2.87. The van der Waals surface area contributed by atoms with Gasteiger partial charge in [0.25, 0.3) is 0 Å². The van der Waals surface area contributed by atoms with Gasteiger partial charge in [0.05, 0.1) is 12.7 Å². The zero-order chi connectivity index (χ0) is 10.7. The minimum Gasteiger partial charge on any atom is -0.372 e. The Labute approximate surface area is 91.4 Å². The van der Waals surface area contributed by atoms with Crippen LogP contribution in [0.3, 0.4) is 0 Å². The molecule has 1 unspecified atom stereocenters. The van der Waals surface area contributed by atoms with E-state index >= 15 is 0 Å². The zero-order valence-corrected chi connectivity index (χ0v) is 9.28. The quantitative estimate of drug-likeness (QED) is 0.822. The summed E-state index contributed by atoms with van der Waals surface area (Å²) in [4.78, 5) is 0. The molecule has 0 saturated carbocycles. The van der Waals surface area contributed by atoms with E-state index < -0.39 is 0 Å². The molecule has 0 aliphatic heterocycles. The van der Waals surface area contributed by atoms with Crippen molar-refractivity contribution in [3.05, 3.63) is 35.4 Å². The van der Waals surface area contributed by atoms with Crippen LogP contribution in [0.25, 0.3) is 0 Å². The Balaban J connectivity index is 2.08. The van der Waals surface area contributed by atoms with Crippen molar-refractivity contribution in [2.24, 2.45) is 5.73 Å². The molecule has 0 saturated heterocycles. The van der Waals surface area contributed by atoms with Crippen LogP contribution in [-0.4, -0.2) is 12.6 Å². The molecule has 2 rings (SSSR count). The number of hydrogen-bond acceptors (Lipinski definition) is 2. The van der Waals surface area contributed by atoms with E-state index in [1.807, 2.05) is 6.92 Å². The van der Waals surface area contributed by atoms with Gasteiger partial charge in [0.15, 0.2) is 0 Å². The fourth-order valence-electron chi connectivity index (χ4n) is 2.15. The summed E-state index contributed by atoms with van der Waals surface area (Å²) in [5.41, 5.74) is 8.51. The lowest BCUT2D eigenvalue weighted by Crippen LogP contribution is -2.24. The molecule has 1 aliphatic carbocycles. The Kier molecular flexibility index (Phi) is 3.39. The van der Waals surface area contributed by atoms with Crippen molar-refractivity contribution in [3.8, 4) is 0 Å². The molecule has 2 N–H and O–H groups in total. The molecule has 0 amide bonds. The van der Waals surface area contributed by atoms with Crippen LogP contribution in [0.15, 0.2) is 24.3 Å². The van der Waals surface area contributed by atoms with Crippen molar-refractivity contribution in [1.82, 2.24) is 0 Å². The van der Waals surface area contributed by atoms with E-state index in [4.69, 9.17) is 10.5 Å². The maximum Gasteiger partial charge on any atom is 0.0828 e. The van der Waals surface area contributed by atoms with Crippen LogP contribution in [-0.2, 0) is 11.2 Å². The Morgan fingerprint density at radius 3 is 3.07 bits per heavy atom. The highest BCUT2D eigenvalue weighted by Gasteiger charge is 2.20. The van der Waals surface area contributed by atoms with Gasteiger partial charge in [-0.15, -0.1) is 0 Å². The van der Waals surface area contributed by atoms with E-state index in [1.165, 1.54) is 24.0 Å². The summed E-state index contributed by atoms with van der Waals surface area (Å²) >= 11 is 0. The SMILES string of the molecule is C[C@@H](N)COC1CCCc2ccccc21. The van der Waals surface area contributed by atoms with Crippen molar-refractivity contribution in [1.29, 1.82) is 0 Å². The highest BCUT2D eigenvalue weighted by molar-refractivity contribution is 5.31. The van der Waals surface area contributed by atoms with Crippen LogP contribution >= 0.6 is 0 Å². The molecule has 2 heteroatoms. The standard InChI is InChI=1S/C13H19NO/c1-10(14)9-15-13-8-4-6-11-5-2-3-7-12(11)13/h2-3,5,7,10,13H,4,6,8-9,14H2,1H3/t10-,13?/m1/s1. The lowest BCUT2D eigenvalue weighted by atomic mass is 9.89. The maximum atomic E-state index is 5.85. The maximum absolute atomic E-state index is 5.85. The summed E-state index contributed by atoms with van der Waals surface area (Å²) < 4.78 is 5.85. The van der Waals surface area contributed by atoms with Gasteiger partial charge in [0, 0.05) is 6.04 Å². The topological polar surface area (TPSA) is 35.2 Å². The fourth-order valence-corrected chi connectivity index (χ4v) is 2.15. The first-order chi connectivity index (χ1) is 7.27. The van der Waals surface area contributed by atoms with Crippen LogP contribution < -0.4 is 5.73 Å². The summed E-state index contributed by atoms with van der Waals surface area (Å²) in [6.07, 6.45) is 3.81. The molecule has 0 bridgehead atoms. The van der Waals surface area contributed by atoms with Crippen molar-refractivity contribution in [3.63, 3.8) is 0 Å². The molecule has 1 aromatic rings. The van der Waals surface area contributed by atoms with Crippen LogP contribution in [0.4, 0.5) is 0 Å². The number of nitrogens with two attached hydrogens (primary N) is 1. The van der Waals surface area contributed by atoms with Crippen LogP contribution in [0.2, 0.25) is 0 Å². The van der Waals surface area contributed by atoms with E-state index in [-0.39, 0.29) is 12.1 Å².